The predicted molar refractivity (Wildman–Crippen MR) is 108 cm³/mol. The number of rotatable bonds is 18. The summed E-state index contributed by atoms with van der Waals surface area (Å²) in [5.41, 5.74) is 0. The number of carbonyl (C=O) groups is 2. The Kier molecular flexibility index (Phi) is 17.6. The van der Waals surface area contributed by atoms with Crippen molar-refractivity contribution in [3.63, 3.8) is 0 Å². The third-order valence-corrected chi connectivity index (χ3v) is 4.88. The van der Waals surface area contributed by atoms with Crippen LogP contribution >= 0.6 is 12.6 Å². The lowest BCUT2D eigenvalue weighted by molar-refractivity contribution is -0.137. The Morgan fingerprint density at radius 1 is 0.840 bits per heavy atom. The highest BCUT2D eigenvalue weighted by atomic mass is 32.1. The Morgan fingerprint density at radius 3 is 1.72 bits per heavy atom. The van der Waals surface area contributed by atoms with E-state index in [2.05, 4.69) is 17.9 Å². The minimum absolute atomic E-state index is 0.0784. The summed E-state index contributed by atoms with van der Waals surface area (Å²) in [6.45, 7) is 2.76. The van der Waals surface area contributed by atoms with Gasteiger partial charge < -0.3 is 10.4 Å². The molecule has 0 heterocycles. The first kappa shape index (κ1) is 24.3. The zero-order chi connectivity index (χ0) is 18.8. The lowest BCUT2D eigenvalue weighted by Crippen LogP contribution is -2.30. The van der Waals surface area contributed by atoms with Gasteiger partial charge in [-0.2, -0.15) is 12.6 Å². The number of aliphatic carboxylic acids is 1. The van der Waals surface area contributed by atoms with Gasteiger partial charge >= 0.3 is 5.97 Å². The smallest absolute Gasteiger partial charge is 0.303 e. The summed E-state index contributed by atoms with van der Waals surface area (Å²) in [6.07, 6.45) is 15.5. The van der Waals surface area contributed by atoms with Gasteiger partial charge in [-0.1, -0.05) is 71.1 Å². The highest BCUT2D eigenvalue weighted by molar-refractivity contribution is 7.80. The molecule has 0 rings (SSSR count). The SMILES string of the molecule is CC(CCS)C(=O)NCCCCCCCCCCCCCCC(=O)O. The van der Waals surface area contributed by atoms with Crippen LogP contribution in [-0.4, -0.2) is 29.3 Å². The van der Waals surface area contributed by atoms with E-state index in [9.17, 15) is 9.59 Å². The van der Waals surface area contributed by atoms with E-state index in [4.69, 9.17) is 5.11 Å². The molecule has 0 aliphatic heterocycles. The molecule has 0 saturated carbocycles. The second kappa shape index (κ2) is 18.1. The summed E-state index contributed by atoms with van der Waals surface area (Å²) in [5.74, 6) is 0.330. The minimum atomic E-state index is -0.676. The molecule has 0 fully saturated rings. The Morgan fingerprint density at radius 2 is 1.28 bits per heavy atom. The summed E-state index contributed by atoms with van der Waals surface area (Å²) in [7, 11) is 0. The van der Waals surface area contributed by atoms with Crippen LogP contribution in [0.25, 0.3) is 0 Å². The van der Waals surface area contributed by atoms with Crippen molar-refractivity contribution in [2.45, 2.75) is 96.8 Å². The fourth-order valence-corrected chi connectivity index (χ4v) is 3.27. The molecule has 0 aromatic rings. The van der Waals surface area contributed by atoms with Crippen molar-refractivity contribution in [1.29, 1.82) is 0 Å². The summed E-state index contributed by atoms with van der Waals surface area (Å²) in [4.78, 5) is 22.1. The molecule has 0 aliphatic rings. The normalized spacial score (nSPS) is 12.1. The maximum atomic E-state index is 11.7. The first-order chi connectivity index (χ1) is 12.1. The van der Waals surface area contributed by atoms with Crippen LogP contribution < -0.4 is 5.32 Å². The highest BCUT2D eigenvalue weighted by Crippen LogP contribution is 2.12. The zero-order valence-electron chi connectivity index (χ0n) is 16.1. The number of thiol groups is 1. The van der Waals surface area contributed by atoms with Gasteiger partial charge in [0.15, 0.2) is 0 Å². The highest BCUT2D eigenvalue weighted by Gasteiger charge is 2.10. The Hall–Kier alpha value is -0.710. The van der Waals surface area contributed by atoms with Crippen LogP contribution in [0.4, 0.5) is 0 Å². The zero-order valence-corrected chi connectivity index (χ0v) is 17.0. The average molecular weight is 374 g/mol. The Labute approximate surface area is 159 Å². The Bertz CT molecular complexity index is 337. The maximum Gasteiger partial charge on any atom is 0.303 e. The molecule has 148 valence electrons. The van der Waals surface area contributed by atoms with Crippen LogP contribution in [0, 0.1) is 5.92 Å². The number of amides is 1. The molecule has 0 bridgehead atoms. The van der Waals surface area contributed by atoms with E-state index in [1.807, 2.05) is 6.92 Å². The van der Waals surface area contributed by atoms with Crippen molar-refractivity contribution in [2.75, 3.05) is 12.3 Å². The van der Waals surface area contributed by atoms with Gasteiger partial charge in [0.2, 0.25) is 5.91 Å². The molecule has 0 aromatic heterocycles. The van der Waals surface area contributed by atoms with E-state index in [1.165, 1.54) is 57.8 Å². The number of nitrogens with one attached hydrogen (secondary N) is 1. The summed E-state index contributed by atoms with van der Waals surface area (Å²) < 4.78 is 0. The first-order valence-electron chi connectivity index (χ1n) is 10.2. The Balaban J connectivity index is 3.16. The molecule has 25 heavy (non-hydrogen) atoms. The monoisotopic (exact) mass is 373 g/mol. The van der Waals surface area contributed by atoms with Crippen LogP contribution in [0.15, 0.2) is 0 Å². The molecular weight excluding hydrogens is 334 g/mol. The quantitative estimate of drug-likeness (QED) is 0.228. The number of carbonyl (C=O) groups excluding carboxylic acids is 1. The molecule has 1 atom stereocenters. The van der Waals surface area contributed by atoms with Gasteiger partial charge in [0.25, 0.3) is 0 Å². The molecule has 2 N–H and O–H groups in total. The molecule has 0 spiro atoms. The standard InChI is InChI=1S/C20H39NO3S/c1-18(15-17-25)20(24)21-16-13-11-9-7-5-3-2-4-6-8-10-12-14-19(22)23/h18,25H,2-17H2,1H3,(H,21,24)(H,22,23). The lowest BCUT2D eigenvalue weighted by atomic mass is 10.0. The van der Waals surface area contributed by atoms with Crippen LogP contribution in [0.1, 0.15) is 96.8 Å². The van der Waals surface area contributed by atoms with Gasteiger partial charge in [0.05, 0.1) is 0 Å². The van der Waals surface area contributed by atoms with E-state index in [0.29, 0.717) is 6.42 Å². The fraction of sp³-hybridized carbons (Fsp3) is 0.900. The number of carboxylic acids is 1. The number of carboxylic acid groups (broad SMARTS) is 1. The molecular formula is C20H39NO3S. The molecule has 0 aromatic carbocycles. The van der Waals surface area contributed by atoms with Crippen molar-refractivity contribution in [3.8, 4) is 0 Å². The van der Waals surface area contributed by atoms with Crippen LogP contribution in [0.5, 0.6) is 0 Å². The van der Waals surface area contributed by atoms with Crippen molar-refractivity contribution in [2.24, 2.45) is 5.92 Å². The lowest BCUT2D eigenvalue weighted by Gasteiger charge is -2.10. The van der Waals surface area contributed by atoms with Crippen molar-refractivity contribution >= 4 is 24.5 Å². The van der Waals surface area contributed by atoms with Crippen molar-refractivity contribution in [1.82, 2.24) is 5.32 Å². The largest absolute Gasteiger partial charge is 0.481 e. The van der Waals surface area contributed by atoms with Crippen LogP contribution in [-0.2, 0) is 9.59 Å². The second-order valence-electron chi connectivity index (χ2n) is 7.09. The number of hydrogen-bond donors (Lipinski definition) is 3. The summed E-state index contributed by atoms with van der Waals surface area (Å²) in [6, 6.07) is 0. The van der Waals surface area contributed by atoms with Gasteiger partial charge in [-0.15, -0.1) is 0 Å². The van der Waals surface area contributed by atoms with E-state index in [0.717, 1.165) is 38.0 Å². The molecule has 0 radical (unpaired) electrons. The number of hydrogen-bond acceptors (Lipinski definition) is 3. The van der Waals surface area contributed by atoms with E-state index in [-0.39, 0.29) is 11.8 Å². The summed E-state index contributed by atoms with van der Waals surface area (Å²) in [5, 5.41) is 11.6. The van der Waals surface area contributed by atoms with E-state index in [1.54, 1.807) is 0 Å². The van der Waals surface area contributed by atoms with E-state index < -0.39 is 5.97 Å². The average Bonchev–Trinajstić information content (AvgIpc) is 2.58. The predicted octanol–water partition coefficient (Wildman–Crippen LogP) is 5.21. The number of unbranched alkanes of at least 4 members (excludes halogenated alkanes) is 11. The van der Waals surface area contributed by atoms with E-state index >= 15 is 0 Å². The van der Waals surface area contributed by atoms with Gasteiger partial charge in [0.1, 0.15) is 0 Å². The summed E-state index contributed by atoms with van der Waals surface area (Å²) >= 11 is 4.16. The molecule has 1 amide bonds. The molecule has 5 heteroatoms. The molecule has 1 unspecified atom stereocenters. The second-order valence-corrected chi connectivity index (χ2v) is 7.54. The van der Waals surface area contributed by atoms with Gasteiger partial charge in [-0.3, -0.25) is 9.59 Å². The maximum absolute atomic E-state index is 11.7. The van der Waals surface area contributed by atoms with Crippen molar-refractivity contribution < 1.29 is 14.7 Å². The molecule has 0 saturated heterocycles. The van der Waals surface area contributed by atoms with Crippen LogP contribution in [0.3, 0.4) is 0 Å². The van der Waals surface area contributed by atoms with Crippen molar-refractivity contribution in [3.05, 3.63) is 0 Å². The molecule has 4 nitrogen and oxygen atoms in total. The molecule has 0 aliphatic carbocycles. The third kappa shape index (κ3) is 17.9. The van der Waals surface area contributed by atoms with Gasteiger partial charge in [-0.05, 0) is 25.0 Å². The van der Waals surface area contributed by atoms with Gasteiger partial charge in [0, 0.05) is 18.9 Å². The third-order valence-electron chi connectivity index (χ3n) is 4.63. The first-order valence-corrected chi connectivity index (χ1v) is 10.8. The van der Waals surface area contributed by atoms with Crippen LogP contribution in [0.2, 0.25) is 0 Å². The van der Waals surface area contributed by atoms with Gasteiger partial charge in [-0.25, -0.2) is 0 Å². The fourth-order valence-electron chi connectivity index (χ4n) is 2.88. The topological polar surface area (TPSA) is 66.4 Å². The minimum Gasteiger partial charge on any atom is -0.481 e.